The second-order valence-electron chi connectivity index (χ2n) is 5.02. The molecule has 1 N–H and O–H groups in total. The van der Waals surface area contributed by atoms with Crippen LogP contribution in [0.3, 0.4) is 0 Å². The zero-order valence-electron chi connectivity index (χ0n) is 12.1. The fourth-order valence-corrected chi connectivity index (χ4v) is 2.77. The molecule has 1 rings (SSSR count). The lowest BCUT2D eigenvalue weighted by Crippen LogP contribution is -2.33. The number of nitrogens with one attached hydrogen (secondary N) is 1. The van der Waals surface area contributed by atoms with Gasteiger partial charge in [-0.1, -0.05) is 20.8 Å². The van der Waals surface area contributed by atoms with Gasteiger partial charge in [-0.05, 0) is 37.1 Å². The summed E-state index contributed by atoms with van der Waals surface area (Å²) in [6, 6.07) is 2.74. The normalized spacial score (nSPS) is 13.2. The molecule has 18 heavy (non-hydrogen) atoms. The fraction of sp³-hybridized carbons (Fsp3) is 0.786. The Hall–Kier alpha value is -0.480. The molecule has 0 aliphatic rings. The highest BCUT2D eigenvalue weighted by Gasteiger charge is 2.10. The highest BCUT2D eigenvalue weighted by atomic mass is 32.2. The Morgan fingerprint density at radius 1 is 1.44 bits per heavy atom. The summed E-state index contributed by atoms with van der Waals surface area (Å²) in [6.07, 6.45) is 5.39. The Morgan fingerprint density at radius 3 is 2.78 bits per heavy atom. The number of nitrogens with zero attached hydrogens (tertiary/aromatic N) is 2. The molecule has 0 aliphatic heterocycles. The van der Waals surface area contributed by atoms with Crippen molar-refractivity contribution in [3.05, 3.63) is 18.0 Å². The molecule has 0 bridgehead atoms. The molecular formula is C14H27N3S. The van der Waals surface area contributed by atoms with Crippen LogP contribution in [0.15, 0.2) is 12.3 Å². The van der Waals surface area contributed by atoms with Gasteiger partial charge in [-0.15, -0.1) is 0 Å². The van der Waals surface area contributed by atoms with E-state index in [2.05, 4.69) is 37.3 Å². The minimum Gasteiger partial charge on any atom is -0.313 e. The van der Waals surface area contributed by atoms with Crippen LogP contribution in [0, 0.1) is 0 Å². The standard InChI is InChI=1S/C14H27N3S/c1-5-9-15-13(11-18-12(2)3)6-7-14-8-10-16-17(14)4/h8,10,12-13,15H,5-7,9,11H2,1-4H3. The summed E-state index contributed by atoms with van der Waals surface area (Å²) in [4.78, 5) is 0. The Morgan fingerprint density at radius 2 is 2.22 bits per heavy atom. The molecule has 3 nitrogen and oxygen atoms in total. The molecule has 0 saturated heterocycles. The molecule has 0 saturated carbocycles. The molecule has 1 aromatic heterocycles. The first kappa shape index (κ1) is 15.6. The van der Waals surface area contributed by atoms with Crippen molar-refractivity contribution in [3.63, 3.8) is 0 Å². The summed E-state index contributed by atoms with van der Waals surface area (Å²) in [7, 11) is 2.02. The van der Waals surface area contributed by atoms with Crippen molar-refractivity contribution < 1.29 is 0 Å². The molecule has 0 fully saturated rings. The van der Waals surface area contributed by atoms with Gasteiger partial charge < -0.3 is 5.32 Å². The van der Waals surface area contributed by atoms with E-state index in [1.165, 1.54) is 24.3 Å². The predicted octanol–water partition coefficient (Wildman–Crippen LogP) is 2.86. The molecule has 1 heterocycles. The van der Waals surface area contributed by atoms with Gasteiger partial charge in [-0.2, -0.15) is 16.9 Å². The number of aryl methyl sites for hydroxylation is 2. The van der Waals surface area contributed by atoms with Crippen molar-refractivity contribution in [1.82, 2.24) is 15.1 Å². The van der Waals surface area contributed by atoms with Gasteiger partial charge in [0, 0.05) is 30.7 Å². The van der Waals surface area contributed by atoms with Crippen molar-refractivity contribution in [2.45, 2.75) is 51.3 Å². The van der Waals surface area contributed by atoms with E-state index in [0.29, 0.717) is 11.3 Å². The molecule has 4 heteroatoms. The van der Waals surface area contributed by atoms with Crippen LogP contribution >= 0.6 is 11.8 Å². The van der Waals surface area contributed by atoms with Crippen LogP contribution in [0.1, 0.15) is 39.3 Å². The quantitative estimate of drug-likeness (QED) is 0.747. The molecule has 1 unspecified atom stereocenters. The van der Waals surface area contributed by atoms with Gasteiger partial charge in [0.05, 0.1) is 0 Å². The number of thioether (sulfide) groups is 1. The Balaban J connectivity index is 2.37. The van der Waals surface area contributed by atoms with Crippen molar-refractivity contribution >= 4 is 11.8 Å². The fourth-order valence-electron chi connectivity index (χ4n) is 1.87. The first-order valence-electron chi connectivity index (χ1n) is 6.95. The number of hydrogen-bond acceptors (Lipinski definition) is 3. The number of rotatable bonds is 9. The minimum absolute atomic E-state index is 0.618. The van der Waals surface area contributed by atoms with E-state index >= 15 is 0 Å². The van der Waals surface area contributed by atoms with Crippen LogP contribution in [0.5, 0.6) is 0 Å². The molecule has 0 aliphatic carbocycles. The van der Waals surface area contributed by atoms with Gasteiger partial charge in [0.25, 0.3) is 0 Å². The van der Waals surface area contributed by atoms with E-state index < -0.39 is 0 Å². The molecule has 1 atom stereocenters. The Labute approximate surface area is 116 Å². The van der Waals surface area contributed by atoms with Crippen LogP contribution in [0.4, 0.5) is 0 Å². The third kappa shape index (κ3) is 5.91. The third-order valence-electron chi connectivity index (χ3n) is 2.99. The zero-order valence-corrected chi connectivity index (χ0v) is 13.0. The average molecular weight is 269 g/mol. The summed E-state index contributed by atoms with van der Waals surface area (Å²) in [5, 5.41) is 8.59. The molecule has 0 amide bonds. The van der Waals surface area contributed by atoms with Crippen LogP contribution in [0.25, 0.3) is 0 Å². The average Bonchev–Trinajstić information content (AvgIpc) is 2.74. The highest BCUT2D eigenvalue weighted by molar-refractivity contribution is 7.99. The lowest BCUT2D eigenvalue weighted by atomic mass is 10.1. The van der Waals surface area contributed by atoms with E-state index in [4.69, 9.17) is 0 Å². The minimum atomic E-state index is 0.618. The predicted molar refractivity (Wildman–Crippen MR) is 81.2 cm³/mol. The zero-order chi connectivity index (χ0) is 13.4. The lowest BCUT2D eigenvalue weighted by Gasteiger charge is -2.19. The van der Waals surface area contributed by atoms with Crippen LogP contribution in [0.2, 0.25) is 0 Å². The number of hydrogen-bond donors (Lipinski definition) is 1. The van der Waals surface area contributed by atoms with Crippen molar-refractivity contribution in [3.8, 4) is 0 Å². The van der Waals surface area contributed by atoms with Crippen LogP contribution in [-0.4, -0.2) is 33.4 Å². The molecule has 0 radical (unpaired) electrons. The van der Waals surface area contributed by atoms with Gasteiger partial charge in [-0.3, -0.25) is 4.68 Å². The maximum absolute atomic E-state index is 4.22. The summed E-state index contributed by atoms with van der Waals surface area (Å²) in [5.74, 6) is 1.20. The molecule has 1 aromatic rings. The van der Waals surface area contributed by atoms with Gasteiger partial charge in [-0.25, -0.2) is 0 Å². The van der Waals surface area contributed by atoms with E-state index in [-0.39, 0.29) is 0 Å². The van der Waals surface area contributed by atoms with Crippen LogP contribution in [-0.2, 0) is 13.5 Å². The summed E-state index contributed by atoms with van der Waals surface area (Å²) in [5.41, 5.74) is 1.33. The first-order valence-corrected chi connectivity index (χ1v) is 8.00. The third-order valence-corrected chi connectivity index (χ3v) is 4.25. The largest absolute Gasteiger partial charge is 0.313 e. The molecule has 0 spiro atoms. The van der Waals surface area contributed by atoms with Gasteiger partial charge >= 0.3 is 0 Å². The summed E-state index contributed by atoms with van der Waals surface area (Å²) >= 11 is 2.05. The highest BCUT2D eigenvalue weighted by Crippen LogP contribution is 2.14. The smallest absolute Gasteiger partial charge is 0.0492 e. The van der Waals surface area contributed by atoms with Gasteiger partial charge in [0.1, 0.15) is 0 Å². The van der Waals surface area contributed by atoms with E-state index in [1.54, 1.807) is 0 Å². The molecule has 0 aromatic carbocycles. The molecular weight excluding hydrogens is 242 g/mol. The van der Waals surface area contributed by atoms with Crippen molar-refractivity contribution in [2.24, 2.45) is 7.05 Å². The second-order valence-corrected chi connectivity index (χ2v) is 6.63. The lowest BCUT2D eigenvalue weighted by molar-refractivity contribution is 0.511. The SMILES string of the molecule is CCCNC(CCc1ccnn1C)CSC(C)C. The summed E-state index contributed by atoms with van der Waals surface area (Å²) in [6.45, 7) is 7.88. The van der Waals surface area contributed by atoms with E-state index in [9.17, 15) is 0 Å². The Kier molecular flexibility index (Phi) is 7.44. The topological polar surface area (TPSA) is 29.9 Å². The Bertz CT molecular complexity index is 323. The van der Waals surface area contributed by atoms with Gasteiger partial charge in [0.2, 0.25) is 0 Å². The summed E-state index contributed by atoms with van der Waals surface area (Å²) < 4.78 is 1.98. The van der Waals surface area contributed by atoms with Crippen LogP contribution < -0.4 is 5.32 Å². The maximum Gasteiger partial charge on any atom is 0.0492 e. The van der Waals surface area contributed by atoms with Crippen molar-refractivity contribution in [1.29, 1.82) is 0 Å². The second kappa shape index (κ2) is 8.59. The monoisotopic (exact) mass is 269 g/mol. The van der Waals surface area contributed by atoms with E-state index in [0.717, 1.165) is 13.0 Å². The van der Waals surface area contributed by atoms with Gasteiger partial charge in [0.15, 0.2) is 0 Å². The maximum atomic E-state index is 4.22. The molecule has 104 valence electrons. The first-order chi connectivity index (χ1) is 8.63. The number of aromatic nitrogens is 2. The van der Waals surface area contributed by atoms with E-state index in [1.807, 2.05) is 29.7 Å². The van der Waals surface area contributed by atoms with Crippen molar-refractivity contribution in [2.75, 3.05) is 12.3 Å².